The van der Waals surface area contributed by atoms with Crippen LogP contribution in [-0.2, 0) is 7.05 Å². The van der Waals surface area contributed by atoms with E-state index in [1.54, 1.807) is 11.6 Å². The zero-order chi connectivity index (χ0) is 17.5. The Balaban J connectivity index is 1.93. The van der Waals surface area contributed by atoms with Crippen LogP contribution in [0.25, 0.3) is 10.9 Å². The van der Waals surface area contributed by atoms with Crippen molar-refractivity contribution in [2.45, 2.75) is 46.0 Å². The zero-order valence-electron chi connectivity index (χ0n) is 15.0. The van der Waals surface area contributed by atoms with Gasteiger partial charge in [-0.3, -0.25) is 9.59 Å². The molecule has 1 aromatic carbocycles. The van der Waals surface area contributed by atoms with Gasteiger partial charge in [-0.05, 0) is 18.4 Å². The number of fused-ring (bicyclic) bond motifs is 1. The molecule has 0 spiro atoms. The van der Waals surface area contributed by atoms with Crippen LogP contribution in [0.2, 0.25) is 0 Å². The van der Waals surface area contributed by atoms with Crippen molar-refractivity contribution in [1.29, 1.82) is 0 Å². The second-order valence-corrected chi connectivity index (χ2v) is 6.83. The molecular weight excluding hydrogens is 300 g/mol. The van der Waals surface area contributed by atoms with Crippen LogP contribution >= 0.6 is 0 Å². The van der Waals surface area contributed by atoms with E-state index in [0.29, 0.717) is 12.1 Å². The highest BCUT2D eigenvalue weighted by molar-refractivity contribution is 6.06. The maximum atomic E-state index is 12.4. The van der Waals surface area contributed by atoms with Crippen LogP contribution in [0.4, 0.5) is 0 Å². The van der Waals surface area contributed by atoms with Gasteiger partial charge in [0.05, 0.1) is 11.1 Å². The third-order valence-electron chi connectivity index (χ3n) is 4.39. The number of unbranched alkanes of at least 4 members (excludes halogenated alkanes) is 3. The van der Waals surface area contributed by atoms with Gasteiger partial charge in [-0.15, -0.1) is 0 Å². The van der Waals surface area contributed by atoms with Crippen LogP contribution in [0.3, 0.4) is 0 Å². The van der Waals surface area contributed by atoms with Crippen molar-refractivity contribution in [2.24, 2.45) is 13.0 Å². The summed E-state index contributed by atoms with van der Waals surface area (Å²) in [6.07, 6.45) is 5.84. The number of hydrogen-bond acceptors (Lipinski definition) is 2. The molecule has 0 saturated heterocycles. The fourth-order valence-corrected chi connectivity index (χ4v) is 2.93. The van der Waals surface area contributed by atoms with Gasteiger partial charge in [-0.2, -0.15) is 0 Å². The summed E-state index contributed by atoms with van der Waals surface area (Å²) < 4.78 is 1.57. The van der Waals surface area contributed by atoms with Gasteiger partial charge in [0.15, 0.2) is 0 Å². The van der Waals surface area contributed by atoms with Gasteiger partial charge in [-0.25, -0.2) is 0 Å². The average Bonchev–Trinajstić information content (AvgIpc) is 2.56. The first-order valence-corrected chi connectivity index (χ1v) is 8.87. The van der Waals surface area contributed by atoms with Gasteiger partial charge in [0.25, 0.3) is 11.5 Å². The standard InChI is InChI=1S/C20H28N2O2/c1-15(2)10-6-4-5-9-13-21-20(24)17-14-19(23)22(3)18-12-8-7-11-16(17)18/h7-8,11-12,14-15H,4-6,9-10,13H2,1-3H3,(H,21,24). The molecule has 130 valence electrons. The highest BCUT2D eigenvalue weighted by Gasteiger charge is 2.12. The summed E-state index contributed by atoms with van der Waals surface area (Å²) >= 11 is 0. The lowest BCUT2D eigenvalue weighted by Crippen LogP contribution is -2.27. The number of amides is 1. The van der Waals surface area contributed by atoms with E-state index < -0.39 is 0 Å². The second-order valence-electron chi connectivity index (χ2n) is 6.83. The first-order chi connectivity index (χ1) is 11.5. The molecule has 1 N–H and O–H groups in total. The monoisotopic (exact) mass is 328 g/mol. The lowest BCUT2D eigenvalue weighted by molar-refractivity contribution is 0.0954. The molecule has 0 unspecified atom stereocenters. The summed E-state index contributed by atoms with van der Waals surface area (Å²) in [5.74, 6) is 0.602. The van der Waals surface area contributed by atoms with Crippen molar-refractivity contribution < 1.29 is 4.79 Å². The molecule has 0 bridgehead atoms. The number of nitrogens with one attached hydrogen (secondary N) is 1. The summed E-state index contributed by atoms with van der Waals surface area (Å²) in [7, 11) is 1.73. The van der Waals surface area contributed by atoms with Crippen LogP contribution in [0.5, 0.6) is 0 Å². The molecular formula is C20H28N2O2. The molecule has 1 amide bonds. The van der Waals surface area contributed by atoms with Gasteiger partial charge in [-0.1, -0.05) is 57.7 Å². The lowest BCUT2D eigenvalue weighted by atomic mass is 10.0. The SMILES string of the molecule is CC(C)CCCCCCNC(=O)c1cc(=O)n(C)c2ccccc12. The maximum Gasteiger partial charge on any atom is 0.252 e. The molecule has 24 heavy (non-hydrogen) atoms. The normalized spacial score (nSPS) is 11.2. The smallest absolute Gasteiger partial charge is 0.252 e. The average molecular weight is 328 g/mol. The minimum atomic E-state index is -0.161. The highest BCUT2D eigenvalue weighted by Crippen LogP contribution is 2.16. The highest BCUT2D eigenvalue weighted by atomic mass is 16.2. The van der Waals surface area contributed by atoms with E-state index in [0.717, 1.165) is 29.7 Å². The van der Waals surface area contributed by atoms with Gasteiger partial charge in [0.2, 0.25) is 0 Å². The zero-order valence-corrected chi connectivity index (χ0v) is 15.0. The van der Waals surface area contributed by atoms with E-state index >= 15 is 0 Å². The minimum absolute atomic E-state index is 0.160. The molecule has 0 aliphatic heterocycles. The quantitative estimate of drug-likeness (QED) is 0.748. The van der Waals surface area contributed by atoms with E-state index in [1.165, 1.54) is 25.3 Å². The Bertz CT molecular complexity index is 747. The first-order valence-electron chi connectivity index (χ1n) is 8.87. The lowest BCUT2D eigenvalue weighted by Gasteiger charge is -2.10. The number of benzene rings is 1. The Kier molecular flexibility index (Phi) is 6.59. The largest absolute Gasteiger partial charge is 0.352 e. The third-order valence-corrected chi connectivity index (χ3v) is 4.39. The summed E-state index contributed by atoms with van der Waals surface area (Å²) in [5.41, 5.74) is 1.09. The summed E-state index contributed by atoms with van der Waals surface area (Å²) in [6.45, 7) is 5.15. The van der Waals surface area contributed by atoms with Crippen molar-refractivity contribution in [3.8, 4) is 0 Å². The number of rotatable bonds is 8. The second kappa shape index (κ2) is 8.67. The van der Waals surface area contributed by atoms with Crippen molar-refractivity contribution in [1.82, 2.24) is 9.88 Å². The van der Waals surface area contributed by atoms with Gasteiger partial charge in [0.1, 0.15) is 0 Å². The van der Waals surface area contributed by atoms with E-state index in [4.69, 9.17) is 0 Å². The molecule has 4 heteroatoms. The summed E-state index contributed by atoms with van der Waals surface area (Å²) in [5, 5.41) is 3.76. The Morgan fingerprint density at radius 2 is 1.83 bits per heavy atom. The Morgan fingerprint density at radius 1 is 1.12 bits per heavy atom. The van der Waals surface area contributed by atoms with E-state index in [2.05, 4.69) is 19.2 Å². The number of nitrogens with zero attached hydrogens (tertiary/aromatic N) is 1. The predicted octanol–water partition coefficient (Wildman–Crippen LogP) is 3.87. The van der Waals surface area contributed by atoms with E-state index in [-0.39, 0.29) is 11.5 Å². The molecule has 4 nitrogen and oxygen atoms in total. The molecule has 1 aromatic heterocycles. The van der Waals surface area contributed by atoms with Crippen LogP contribution in [-0.4, -0.2) is 17.0 Å². The number of pyridine rings is 1. The maximum absolute atomic E-state index is 12.4. The molecule has 2 aromatic rings. The number of aryl methyl sites for hydroxylation is 1. The predicted molar refractivity (Wildman–Crippen MR) is 99.4 cm³/mol. The van der Waals surface area contributed by atoms with Crippen molar-refractivity contribution in [3.63, 3.8) is 0 Å². The topological polar surface area (TPSA) is 51.1 Å². The summed E-state index contributed by atoms with van der Waals surface area (Å²) in [4.78, 5) is 24.5. The van der Waals surface area contributed by atoms with Crippen LogP contribution in [0.15, 0.2) is 35.1 Å². The number of aromatic nitrogens is 1. The first kappa shape index (κ1) is 18.2. The molecule has 0 atom stereocenters. The number of carbonyl (C=O) groups is 1. The molecule has 0 saturated carbocycles. The molecule has 0 radical (unpaired) electrons. The van der Waals surface area contributed by atoms with E-state index in [1.807, 2.05) is 24.3 Å². The van der Waals surface area contributed by atoms with Crippen LogP contribution in [0.1, 0.15) is 56.3 Å². The Hall–Kier alpha value is -2.10. The van der Waals surface area contributed by atoms with Crippen molar-refractivity contribution in [3.05, 3.63) is 46.2 Å². The van der Waals surface area contributed by atoms with Gasteiger partial charge < -0.3 is 9.88 Å². The van der Waals surface area contributed by atoms with E-state index in [9.17, 15) is 9.59 Å². The van der Waals surface area contributed by atoms with Crippen LogP contribution < -0.4 is 10.9 Å². The molecule has 0 aliphatic rings. The fourth-order valence-electron chi connectivity index (χ4n) is 2.93. The van der Waals surface area contributed by atoms with Crippen LogP contribution in [0, 0.1) is 5.92 Å². The van der Waals surface area contributed by atoms with Gasteiger partial charge >= 0.3 is 0 Å². The van der Waals surface area contributed by atoms with Gasteiger partial charge in [0, 0.05) is 25.0 Å². The fraction of sp³-hybridized carbons (Fsp3) is 0.500. The number of carbonyl (C=O) groups excluding carboxylic acids is 1. The van der Waals surface area contributed by atoms with Crippen molar-refractivity contribution in [2.75, 3.05) is 6.54 Å². The molecule has 2 rings (SSSR count). The number of para-hydroxylation sites is 1. The van der Waals surface area contributed by atoms with Crippen molar-refractivity contribution >= 4 is 16.8 Å². The Labute approximate surface area is 143 Å². The Morgan fingerprint density at radius 3 is 2.58 bits per heavy atom. The number of hydrogen-bond donors (Lipinski definition) is 1. The molecule has 0 fully saturated rings. The third kappa shape index (κ3) is 4.70. The molecule has 0 aliphatic carbocycles. The molecule has 1 heterocycles. The summed E-state index contributed by atoms with van der Waals surface area (Å²) in [6, 6.07) is 8.94. The minimum Gasteiger partial charge on any atom is -0.352 e.